The zero-order valence-corrected chi connectivity index (χ0v) is 22.6. The summed E-state index contributed by atoms with van der Waals surface area (Å²) in [4.78, 5) is 36.2. The molecule has 40 heavy (non-hydrogen) atoms. The van der Waals surface area contributed by atoms with Gasteiger partial charge in [0.15, 0.2) is 11.5 Å². The van der Waals surface area contributed by atoms with Gasteiger partial charge < -0.3 is 11.1 Å². The highest BCUT2D eigenvalue weighted by Crippen LogP contribution is 2.26. The van der Waals surface area contributed by atoms with Crippen molar-refractivity contribution in [2.45, 2.75) is 30.5 Å². The SMILES string of the molecule is CC1N=CC(C#Cc2cccc3cc(C(C)NC(=O)c4c(N)nn5cccnc45)n(-c4ccccc4)c(=O)c23)S1. The molecule has 1 aliphatic rings. The van der Waals surface area contributed by atoms with Crippen LogP contribution in [-0.4, -0.2) is 41.9 Å². The number of nitrogens with one attached hydrogen (secondary N) is 1. The van der Waals surface area contributed by atoms with E-state index in [1.807, 2.05) is 74.7 Å². The van der Waals surface area contributed by atoms with Crippen LogP contribution in [0.1, 0.15) is 41.5 Å². The second kappa shape index (κ2) is 10.4. The standard InChI is InChI=1S/C30H25N7O2S/c1-18(34-29(38)26-27(31)35-36-15-7-14-32-28(26)36)24-16-21-9-6-8-20(12-13-23-17-33-19(2)40-23)25(21)30(39)37(24)22-10-4-3-5-11-22/h3-11,14-19,23H,1-2H3,(H2,31,35)(H,34,38). The molecule has 0 radical (unpaired) electrons. The molecule has 0 aliphatic carbocycles. The number of para-hydroxylation sites is 1. The first-order chi connectivity index (χ1) is 19.4. The molecule has 0 saturated carbocycles. The molecule has 3 aromatic heterocycles. The molecular formula is C30H25N7O2S. The molecule has 1 aliphatic heterocycles. The van der Waals surface area contributed by atoms with Crippen molar-refractivity contribution in [2.75, 3.05) is 5.73 Å². The van der Waals surface area contributed by atoms with Crippen molar-refractivity contribution in [3.05, 3.63) is 100 Å². The van der Waals surface area contributed by atoms with E-state index in [9.17, 15) is 9.59 Å². The van der Waals surface area contributed by atoms with Crippen LogP contribution < -0.4 is 16.6 Å². The normalized spacial score (nSPS) is 17.1. The highest BCUT2D eigenvalue weighted by molar-refractivity contribution is 8.01. The number of aliphatic imine (C=N–C) groups is 1. The maximum absolute atomic E-state index is 14.2. The van der Waals surface area contributed by atoms with Crippen LogP contribution in [0, 0.1) is 11.8 Å². The van der Waals surface area contributed by atoms with Crippen molar-refractivity contribution in [1.82, 2.24) is 24.5 Å². The highest BCUT2D eigenvalue weighted by Gasteiger charge is 2.24. The number of nitrogens with zero attached hydrogens (tertiary/aromatic N) is 5. The summed E-state index contributed by atoms with van der Waals surface area (Å²) >= 11 is 1.67. The summed E-state index contributed by atoms with van der Waals surface area (Å²) in [5.41, 5.74) is 8.33. The van der Waals surface area contributed by atoms with E-state index < -0.39 is 11.9 Å². The molecule has 0 spiro atoms. The van der Waals surface area contributed by atoms with Gasteiger partial charge in [0.25, 0.3) is 11.5 Å². The third kappa shape index (κ3) is 4.61. The second-order valence-electron chi connectivity index (χ2n) is 9.38. The molecule has 6 rings (SSSR count). The van der Waals surface area contributed by atoms with E-state index in [4.69, 9.17) is 5.73 Å². The van der Waals surface area contributed by atoms with Crippen LogP contribution in [0.3, 0.4) is 0 Å². The monoisotopic (exact) mass is 547 g/mol. The number of fused-ring (bicyclic) bond motifs is 2. The van der Waals surface area contributed by atoms with Crippen LogP contribution in [0.4, 0.5) is 5.82 Å². The van der Waals surface area contributed by atoms with Crippen molar-refractivity contribution in [3.8, 4) is 17.5 Å². The molecule has 9 nitrogen and oxygen atoms in total. The molecule has 4 heterocycles. The summed E-state index contributed by atoms with van der Waals surface area (Å²) in [6.45, 7) is 3.86. The molecule has 3 N–H and O–H groups in total. The molecule has 3 unspecified atom stereocenters. The average molecular weight is 548 g/mol. The topological polar surface area (TPSA) is 120 Å². The van der Waals surface area contributed by atoms with E-state index in [0.29, 0.717) is 28.0 Å². The van der Waals surface area contributed by atoms with E-state index >= 15 is 0 Å². The van der Waals surface area contributed by atoms with Gasteiger partial charge in [-0.25, -0.2) is 9.50 Å². The Morgan fingerprint density at radius 2 is 1.98 bits per heavy atom. The Morgan fingerprint density at radius 1 is 1.15 bits per heavy atom. The van der Waals surface area contributed by atoms with Gasteiger partial charge in [-0.15, -0.1) is 16.9 Å². The number of carbonyl (C=O) groups excluding carboxylic acids is 1. The number of rotatable bonds is 4. The van der Waals surface area contributed by atoms with E-state index in [1.165, 1.54) is 4.52 Å². The lowest BCUT2D eigenvalue weighted by Crippen LogP contribution is -2.32. The molecule has 198 valence electrons. The number of hydrogen-bond acceptors (Lipinski definition) is 7. The zero-order valence-electron chi connectivity index (χ0n) is 21.8. The van der Waals surface area contributed by atoms with Gasteiger partial charge in [-0.05, 0) is 49.6 Å². The molecular weight excluding hydrogens is 522 g/mol. The first kappa shape index (κ1) is 25.4. The highest BCUT2D eigenvalue weighted by atomic mass is 32.2. The number of nitrogens with two attached hydrogens (primary N) is 1. The lowest BCUT2D eigenvalue weighted by atomic mass is 10.0. The lowest BCUT2D eigenvalue weighted by molar-refractivity contribution is 0.0941. The minimum Gasteiger partial charge on any atom is -0.381 e. The number of anilines is 1. The van der Waals surface area contributed by atoms with Crippen LogP contribution in [0.15, 0.2) is 82.8 Å². The lowest BCUT2D eigenvalue weighted by Gasteiger charge is -2.21. The van der Waals surface area contributed by atoms with Gasteiger partial charge in [-0.1, -0.05) is 42.2 Å². The summed E-state index contributed by atoms with van der Waals surface area (Å²) < 4.78 is 3.09. The zero-order chi connectivity index (χ0) is 27.8. The Morgan fingerprint density at radius 3 is 2.75 bits per heavy atom. The first-order valence-corrected chi connectivity index (χ1v) is 13.7. The minimum atomic E-state index is -0.565. The number of hydrogen-bond donors (Lipinski definition) is 2. The Bertz CT molecular complexity index is 1920. The fraction of sp³-hybridized carbons (Fsp3) is 0.167. The molecule has 0 saturated heterocycles. The van der Waals surface area contributed by atoms with Gasteiger partial charge in [0.05, 0.1) is 16.8 Å². The van der Waals surface area contributed by atoms with Crippen LogP contribution in [0.25, 0.3) is 22.1 Å². The number of nitrogen functional groups attached to an aromatic ring is 1. The third-order valence-electron chi connectivity index (χ3n) is 6.65. The number of amides is 1. The van der Waals surface area contributed by atoms with Crippen molar-refractivity contribution in [3.63, 3.8) is 0 Å². The van der Waals surface area contributed by atoms with Gasteiger partial charge in [0.1, 0.15) is 10.8 Å². The molecule has 0 bridgehead atoms. The Balaban J connectivity index is 1.45. The Kier molecular flexibility index (Phi) is 6.58. The fourth-order valence-electron chi connectivity index (χ4n) is 4.81. The summed E-state index contributed by atoms with van der Waals surface area (Å²) in [5, 5.41) is 8.60. The van der Waals surface area contributed by atoms with E-state index in [0.717, 1.165) is 5.39 Å². The maximum Gasteiger partial charge on any atom is 0.264 e. The summed E-state index contributed by atoms with van der Waals surface area (Å²) in [6.07, 6.45) is 5.10. The van der Waals surface area contributed by atoms with Gasteiger partial charge in [0, 0.05) is 35.6 Å². The van der Waals surface area contributed by atoms with E-state index in [-0.39, 0.29) is 27.6 Å². The molecule has 5 aromatic rings. The number of carbonyl (C=O) groups is 1. The molecule has 3 atom stereocenters. The van der Waals surface area contributed by atoms with Crippen molar-refractivity contribution in [1.29, 1.82) is 0 Å². The second-order valence-corrected chi connectivity index (χ2v) is 10.8. The number of benzene rings is 2. The van der Waals surface area contributed by atoms with Crippen LogP contribution in [0.5, 0.6) is 0 Å². The fourth-order valence-corrected chi connectivity index (χ4v) is 5.65. The van der Waals surface area contributed by atoms with Crippen molar-refractivity contribution < 1.29 is 4.79 Å². The molecule has 10 heteroatoms. The smallest absolute Gasteiger partial charge is 0.264 e. The van der Waals surface area contributed by atoms with Gasteiger partial charge in [0.2, 0.25) is 0 Å². The van der Waals surface area contributed by atoms with Gasteiger partial charge in [-0.3, -0.25) is 19.1 Å². The predicted octanol–water partition coefficient (Wildman–Crippen LogP) is 3.99. The summed E-state index contributed by atoms with van der Waals surface area (Å²) in [5.74, 6) is 6.10. The summed E-state index contributed by atoms with van der Waals surface area (Å²) in [7, 11) is 0. The first-order valence-electron chi connectivity index (χ1n) is 12.7. The Labute approximate surface area is 234 Å². The molecule has 2 aromatic carbocycles. The number of thioether (sulfide) groups is 1. The average Bonchev–Trinajstić information content (AvgIpc) is 3.53. The van der Waals surface area contributed by atoms with Crippen LogP contribution in [0.2, 0.25) is 0 Å². The van der Waals surface area contributed by atoms with E-state index in [2.05, 4.69) is 32.2 Å². The van der Waals surface area contributed by atoms with Gasteiger partial charge >= 0.3 is 0 Å². The van der Waals surface area contributed by atoms with Crippen LogP contribution in [-0.2, 0) is 0 Å². The maximum atomic E-state index is 14.2. The van der Waals surface area contributed by atoms with Crippen molar-refractivity contribution in [2.24, 2.45) is 4.99 Å². The molecule has 0 fully saturated rings. The quantitative estimate of drug-likeness (QED) is 0.329. The van der Waals surface area contributed by atoms with Crippen molar-refractivity contribution >= 4 is 46.1 Å². The number of pyridine rings is 1. The number of aromatic nitrogens is 4. The van der Waals surface area contributed by atoms with E-state index in [1.54, 1.807) is 34.8 Å². The largest absolute Gasteiger partial charge is 0.381 e. The Hall–Kier alpha value is -4.88. The third-order valence-corrected chi connectivity index (χ3v) is 7.70. The van der Waals surface area contributed by atoms with Crippen LogP contribution >= 0.6 is 11.8 Å². The summed E-state index contributed by atoms with van der Waals surface area (Å²) in [6, 6.07) is 18.0. The van der Waals surface area contributed by atoms with Gasteiger partial charge in [-0.2, -0.15) is 0 Å². The molecule has 1 amide bonds. The minimum absolute atomic E-state index is 0.0158. The predicted molar refractivity (Wildman–Crippen MR) is 159 cm³/mol.